The molecule has 94 valence electrons. The average Bonchev–Trinajstić information content (AvgIpc) is 3.04. The van der Waals surface area contributed by atoms with Crippen LogP contribution in [0.5, 0.6) is 11.5 Å². The first-order valence-corrected chi connectivity index (χ1v) is 6.01. The van der Waals surface area contributed by atoms with Gasteiger partial charge in [0.15, 0.2) is 11.5 Å². The number of para-hydroxylation sites is 1. The molecule has 3 rings (SSSR count). The van der Waals surface area contributed by atoms with Crippen molar-refractivity contribution in [2.45, 2.75) is 20.0 Å². The smallest absolute Gasteiger partial charge is 0.231 e. The highest BCUT2D eigenvalue weighted by Gasteiger charge is 2.17. The predicted molar refractivity (Wildman–Crippen MR) is 67.8 cm³/mol. The van der Waals surface area contributed by atoms with Gasteiger partial charge in [-0.2, -0.15) is 0 Å². The molecule has 0 spiro atoms. The minimum Gasteiger partial charge on any atom is -0.454 e. The first-order valence-electron chi connectivity index (χ1n) is 6.01. The minimum atomic E-state index is 0.302. The number of anilines is 1. The molecular weight excluding hydrogens is 230 g/mol. The number of aryl methyl sites for hydroxylation is 1. The van der Waals surface area contributed by atoms with E-state index in [4.69, 9.17) is 9.47 Å². The van der Waals surface area contributed by atoms with Crippen LogP contribution < -0.4 is 14.8 Å². The Morgan fingerprint density at radius 1 is 1.39 bits per heavy atom. The fraction of sp³-hybridized carbons (Fsp3) is 0.308. The summed E-state index contributed by atoms with van der Waals surface area (Å²) < 4.78 is 12.9. The van der Waals surface area contributed by atoms with Gasteiger partial charge in [0.2, 0.25) is 12.7 Å². The minimum absolute atomic E-state index is 0.302. The Bertz CT molecular complexity index is 551. The molecule has 0 saturated heterocycles. The van der Waals surface area contributed by atoms with Crippen LogP contribution >= 0.6 is 0 Å². The van der Waals surface area contributed by atoms with Crippen LogP contribution in [-0.4, -0.2) is 16.3 Å². The molecular formula is C13H15N3O2. The van der Waals surface area contributed by atoms with Crippen molar-refractivity contribution < 1.29 is 9.47 Å². The highest BCUT2D eigenvalue weighted by molar-refractivity contribution is 5.49. The normalized spacial score (nSPS) is 12.7. The molecule has 0 bridgehead atoms. The Balaban J connectivity index is 1.76. The molecule has 0 radical (unpaired) electrons. The van der Waals surface area contributed by atoms with Crippen molar-refractivity contribution in [1.82, 2.24) is 9.55 Å². The van der Waals surface area contributed by atoms with Crippen molar-refractivity contribution in [1.29, 1.82) is 0 Å². The van der Waals surface area contributed by atoms with Crippen molar-refractivity contribution in [3.63, 3.8) is 0 Å². The Kier molecular flexibility index (Phi) is 2.80. The van der Waals surface area contributed by atoms with E-state index in [1.807, 2.05) is 24.4 Å². The fourth-order valence-corrected chi connectivity index (χ4v) is 2.04. The van der Waals surface area contributed by atoms with E-state index in [0.29, 0.717) is 13.3 Å². The summed E-state index contributed by atoms with van der Waals surface area (Å²) >= 11 is 0. The zero-order valence-electron chi connectivity index (χ0n) is 10.2. The molecule has 1 aromatic carbocycles. The number of rotatable bonds is 4. The summed E-state index contributed by atoms with van der Waals surface area (Å²) in [4.78, 5) is 4.28. The van der Waals surface area contributed by atoms with Crippen molar-refractivity contribution in [3.05, 3.63) is 36.2 Å². The molecule has 18 heavy (non-hydrogen) atoms. The van der Waals surface area contributed by atoms with Crippen LogP contribution in [0.25, 0.3) is 0 Å². The van der Waals surface area contributed by atoms with E-state index in [0.717, 1.165) is 29.6 Å². The zero-order chi connectivity index (χ0) is 12.4. The number of aromatic nitrogens is 2. The quantitative estimate of drug-likeness (QED) is 0.897. The Morgan fingerprint density at radius 2 is 2.33 bits per heavy atom. The lowest BCUT2D eigenvalue weighted by Gasteiger charge is -2.09. The molecule has 0 atom stereocenters. The number of fused-ring (bicyclic) bond motifs is 1. The number of nitrogens with zero attached hydrogens (tertiary/aromatic N) is 2. The van der Waals surface area contributed by atoms with Crippen LogP contribution in [0.1, 0.15) is 12.5 Å². The lowest BCUT2D eigenvalue weighted by Crippen LogP contribution is -2.07. The monoisotopic (exact) mass is 245 g/mol. The highest BCUT2D eigenvalue weighted by Crippen LogP contribution is 2.35. The van der Waals surface area contributed by atoms with Crippen LogP contribution in [0.3, 0.4) is 0 Å². The van der Waals surface area contributed by atoms with Crippen LogP contribution in [0.4, 0.5) is 5.95 Å². The standard InChI is InChI=1S/C13H15N3O2/c1-2-16-7-6-14-13(16)15-8-10-4-3-5-11-12(10)18-9-17-11/h3-7H,2,8-9H2,1H3,(H,14,15). The van der Waals surface area contributed by atoms with Gasteiger partial charge in [0.05, 0.1) is 0 Å². The summed E-state index contributed by atoms with van der Waals surface area (Å²) in [5, 5.41) is 3.31. The molecule has 1 aromatic heterocycles. The van der Waals surface area contributed by atoms with E-state index >= 15 is 0 Å². The van der Waals surface area contributed by atoms with Crippen molar-refractivity contribution in [2.24, 2.45) is 0 Å². The molecule has 2 aromatic rings. The van der Waals surface area contributed by atoms with Crippen molar-refractivity contribution in [3.8, 4) is 11.5 Å². The van der Waals surface area contributed by atoms with E-state index in [-0.39, 0.29) is 0 Å². The van der Waals surface area contributed by atoms with Crippen LogP contribution in [0, 0.1) is 0 Å². The molecule has 0 aliphatic carbocycles. The van der Waals surface area contributed by atoms with Gasteiger partial charge in [-0.05, 0) is 13.0 Å². The van der Waals surface area contributed by atoms with Crippen molar-refractivity contribution in [2.75, 3.05) is 12.1 Å². The second kappa shape index (κ2) is 4.60. The Hall–Kier alpha value is -2.17. The fourth-order valence-electron chi connectivity index (χ4n) is 2.04. The Labute approximate surface area is 105 Å². The molecule has 2 heterocycles. The summed E-state index contributed by atoms with van der Waals surface area (Å²) in [6.45, 7) is 3.96. The largest absolute Gasteiger partial charge is 0.454 e. The number of benzene rings is 1. The van der Waals surface area contributed by atoms with Crippen LogP contribution in [0.15, 0.2) is 30.6 Å². The highest BCUT2D eigenvalue weighted by atomic mass is 16.7. The van der Waals surface area contributed by atoms with Gasteiger partial charge in [-0.1, -0.05) is 12.1 Å². The van der Waals surface area contributed by atoms with E-state index in [2.05, 4.69) is 21.8 Å². The van der Waals surface area contributed by atoms with Crippen LogP contribution in [0.2, 0.25) is 0 Å². The number of nitrogens with one attached hydrogen (secondary N) is 1. The first kappa shape index (κ1) is 11.0. The molecule has 0 amide bonds. The third-order valence-electron chi connectivity index (χ3n) is 2.97. The summed E-state index contributed by atoms with van der Waals surface area (Å²) in [5.74, 6) is 2.52. The second-order valence-electron chi connectivity index (χ2n) is 4.04. The van der Waals surface area contributed by atoms with Gasteiger partial charge in [-0.25, -0.2) is 4.98 Å². The maximum absolute atomic E-state index is 5.47. The number of hydrogen-bond acceptors (Lipinski definition) is 4. The molecule has 0 fully saturated rings. The lowest BCUT2D eigenvalue weighted by atomic mass is 10.2. The van der Waals surface area contributed by atoms with Crippen molar-refractivity contribution >= 4 is 5.95 Å². The predicted octanol–water partition coefficient (Wildman–Crippen LogP) is 2.24. The molecule has 5 nitrogen and oxygen atoms in total. The van der Waals surface area contributed by atoms with E-state index in [1.54, 1.807) is 6.20 Å². The van der Waals surface area contributed by atoms with Gasteiger partial charge in [0, 0.05) is 31.0 Å². The second-order valence-corrected chi connectivity index (χ2v) is 4.04. The molecule has 0 unspecified atom stereocenters. The maximum atomic E-state index is 5.47. The van der Waals surface area contributed by atoms with Gasteiger partial charge < -0.3 is 19.4 Å². The van der Waals surface area contributed by atoms with Gasteiger partial charge >= 0.3 is 0 Å². The first-order chi connectivity index (χ1) is 8.88. The molecule has 1 aliphatic rings. The number of hydrogen-bond donors (Lipinski definition) is 1. The topological polar surface area (TPSA) is 48.3 Å². The third-order valence-corrected chi connectivity index (χ3v) is 2.97. The summed E-state index contributed by atoms with van der Waals surface area (Å²) in [5.41, 5.74) is 1.08. The lowest BCUT2D eigenvalue weighted by molar-refractivity contribution is 0.173. The maximum Gasteiger partial charge on any atom is 0.231 e. The average molecular weight is 245 g/mol. The molecule has 1 aliphatic heterocycles. The van der Waals surface area contributed by atoms with E-state index in [9.17, 15) is 0 Å². The number of imidazole rings is 1. The van der Waals surface area contributed by atoms with E-state index < -0.39 is 0 Å². The molecule has 0 saturated carbocycles. The van der Waals surface area contributed by atoms with Gasteiger partial charge in [-0.3, -0.25) is 0 Å². The van der Waals surface area contributed by atoms with Gasteiger partial charge in [0.1, 0.15) is 0 Å². The summed E-state index contributed by atoms with van der Waals surface area (Å²) in [6.07, 6.45) is 3.75. The zero-order valence-corrected chi connectivity index (χ0v) is 10.2. The van der Waals surface area contributed by atoms with Gasteiger partial charge in [-0.15, -0.1) is 0 Å². The van der Waals surface area contributed by atoms with Crippen LogP contribution in [-0.2, 0) is 13.1 Å². The summed E-state index contributed by atoms with van der Waals surface area (Å²) in [7, 11) is 0. The third kappa shape index (κ3) is 1.88. The Morgan fingerprint density at radius 3 is 3.22 bits per heavy atom. The summed E-state index contributed by atoms with van der Waals surface area (Å²) in [6, 6.07) is 5.91. The van der Waals surface area contributed by atoms with Gasteiger partial charge in [0.25, 0.3) is 0 Å². The molecule has 5 heteroatoms. The number of ether oxygens (including phenoxy) is 2. The molecule has 1 N–H and O–H groups in total. The SMILES string of the molecule is CCn1ccnc1NCc1cccc2c1OCO2. The van der Waals surface area contributed by atoms with E-state index in [1.165, 1.54) is 0 Å².